The Hall–Kier alpha value is -3.06. The average molecular weight is 356 g/mol. The number of aliphatic hydroxyl groups is 1. The Morgan fingerprint density at radius 3 is 2.42 bits per heavy atom. The number of carboxylic acids is 1. The molecule has 7 heteroatoms. The molecule has 2 aromatic carbocycles. The van der Waals surface area contributed by atoms with Gasteiger partial charge in [-0.2, -0.15) is 0 Å². The number of carboxylic acid groups (broad SMARTS) is 1. The molecule has 0 radical (unpaired) electrons. The molecule has 0 fully saturated rings. The molecular formula is C19H22N3O4-. The predicted molar refractivity (Wildman–Crippen MR) is 97.0 cm³/mol. The molecule has 0 amide bonds. The summed E-state index contributed by atoms with van der Waals surface area (Å²) in [6.07, 6.45) is -0.0685. The molecule has 7 nitrogen and oxygen atoms in total. The fourth-order valence-corrected chi connectivity index (χ4v) is 2.46. The van der Waals surface area contributed by atoms with E-state index in [0.29, 0.717) is 28.1 Å². The summed E-state index contributed by atoms with van der Waals surface area (Å²) in [5.41, 5.74) is 7.42. The number of amidine groups is 1. The number of nitrogens with two attached hydrogens (primary N) is 1. The molecule has 26 heavy (non-hydrogen) atoms. The highest BCUT2D eigenvalue weighted by Crippen LogP contribution is 2.27. The molecule has 1 atom stereocenters. The zero-order chi connectivity index (χ0) is 19.3. The molecule has 2 rings (SSSR count). The van der Waals surface area contributed by atoms with Crippen LogP contribution in [0.4, 0.5) is 5.69 Å². The van der Waals surface area contributed by atoms with E-state index in [1.807, 2.05) is 13.8 Å². The minimum Gasteiger partial charge on any atom is -0.548 e. The zero-order valence-electron chi connectivity index (χ0n) is 14.7. The monoisotopic (exact) mass is 356 g/mol. The summed E-state index contributed by atoms with van der Waals surface area (Å²) in [5.74, 6) is -0.863. The number of anilines is 1. The summed E-state index contributed by atoms with van der Waals surface area (Å²) in [7, 11) is 0. The molecule has 0 saturated heterocycles. The number of carbonyl (C=O) groups excluding carboxylic acids is 1. The Labute approximate surface area is 151 Å². The van der Waals surface area contributed by atoms with Crippen LogP contribution >= 0.6 is 0 Å². The fraction of sp³-hybridized carbons (Fsp3) is 0.263. The Morgan fingerprint density at radius 1 is 1.27 bits per heavy atom. The molecule has 0 aliphatic heterocycles. The third kappa shape index (κ3) is 4.73. The van der Waals surface area contributed by atoms with Gasteiger partial charge in [0.25, 0.3) is 0 Å². The average Bonchev–Trinajstić information content (AvgIpc) is 2.59. The number of hydrogen-bond donors (Lipinski definition) is 4. The number of nitrogens with one attached hydrogen (secondary N) is 2. The van der Waals surface area contributed by atoms with E-state index in [4.69, 9.17) is 15.9 Å². The van der Waals surface area contributed by atoms with Gasteiger partial charge in [-0.05, 0) is 55.8 Å². The van der Waals surface area contributed by atoms with Crippen molar-refractivity contribution in [2.24, 2.45) is 5.73 Å². The molecule has 0 saturated carbocycles. The molecule has 0 spiro atoms. The van der Waals surface area contributed by atoms with Crippen molar-refractivity contribution >= 4 is 17.5 Å². The Morgan fingerprint density at radius 2 is 1.92 bits per heavy atom. The lowest BCUT2D eigenvalue weighted by Gasteiger charge is -2.23. The van der Waals surface area contributed by atoms with Crippen LogP contribution in [0.5, 0.6) is 5.75 Å². The third-order valence-electron chi connectivity index (χ3n) is 3.69. The van der Waals surface area contributed by atoms with Gasteiger partial charge in [-0.15, -0.1) is 0 Å². The van der Waals surface area contributed by atoms with Crippen molar-refractivity contribution in [3.05, 3.63) is 59.2 Å². The van der Waals surface area contributed by atoms with Gasteiger partial charge in [-0.25, -0.2) is 0 Å². The molecule has 0 aliphatic rings. The number of aliphatic hydroxyl groups excluding tert-OH is 1. The topological polar surface area (TPSA) is 131 Å². The summed E-state index contributed by atoms with van der Waals surface area (Å²) < 4.78 is 5.61. The molecule has 0 bridgehead atoms. The van der Waals surface area contributed by atoms with Crippen LogP contribution in [0.3, 0.4) is 0 Å². The van der Waals surface area contributed by atoms with Crippen LogP contribution in [-0.2, 0) is 11.4 Å². The summed E-state index contributed by atoms with van der Waals surface area (Å²) in [6.45, 7) is 3.46. The maximum absolute atomic E-state index is 11.6. The number of ether oxygens (including phenoxy) is 1. The first-order valence-corrected chi connectivity index (χ1v) is 8.14. The second-order valence-corrected chi connectivity index (χ2v) is 6.08. The third-order valence-corrected chi connectivity index (χ3v) is 3.69. The maximum atomic E-state index is 11.6. The minimum absolute atomic E-state index is 0.0682. The number of benzene rings is 2. The van der Waals surface area contributed by atoms with Crippen molar-refractivity contribution in [2.75, 3.05) is 5.32 Å². The fourth-order valence-electron chi connectivity index (χ4n) is 2.46. The van der Waals surface area contributed by atoms with Crippen molar-refractivity contribution in [1.29, 1.82) is 5.41 Å². The number of nitrogen functional groups attached to an aromatic ring is 1. The normalized spacial score (nSPS) is 11.8. The first-order valence-electron chi connectivity index (χ1n) is 8.14. The van der Waals surface area contributed by atoms with Gasteiger partial charge < -0.3 is 30.8 Å². The second-order valence-electron chi connectivity index (χ2n) is 6.08. The van der Waals surface area contributed by atoms with Crippen LogP contribution in [0.25, 0.3) is 0 Å². The number of rotatable bonds is 8. The first-order chi connectivity index (χ1) is 12.3. The van der Waals surface area contributed by atoms with E-state index in [-0.39, 0.29) is 18.5 Å². The van der Waals surface area contributed by atoms with E-state index < -0.39 is 12.0 Å². The van der Waals surface area contributed by atoms with Crippen molar-refractivity contribution < 1.29 is 19.7 Å². The van der Waals surface area contributed by atoms with E-state index >= 15 is 0 Å². The van der Waals surface area contributed by atoms with Crippen molar-refractivity contribution in [2.45, 2.75) is 32.6 Å². The van der Waals surface area contributed by atoms with Gasteiger partial charge in [0.05, 0.1) is 24.7 Å². The Balaban J connectivity index is 2.29. The highest BCUT2D eigenvalue weighted by molar-refractivity contribution is 5.95. The lowest BCUT2D eigenvalue weighted by atomic mass is 10.0. The standard InChI is InChI=1S/C19H23N3O4/c1-11(2)26-16-8-5-13(9-14(16)10-23)17(19(24)25)22-15-6-3-12(4-7-15)18(20)21/h3-9,11,17,22-23H,10H2,1-2H3,(H3,20,21)(H,24,25)/p-1. The quantitative estimate of drug-likeness (QED) is 0.414. The van der Waals surface area contributed by atoms with Crippen molar-refractivity contribution in [3.8, 4) is 5.75 Å². The van der Waals surface area contributed by atoms with Crippen LogP contribution in [0, 0.1) is 5.41 Å². The van der Waals surface area contributed by atoms with Gasteiger partial charge in [0, 0.05) is 16.8 Å². The van der Waals surface area contributed by atoms with Gasteiger partial charge >= 0.3 is 0 Å². The molecule has 5 N–H and O–H groups in total. The lowest BCUT2D eigenvalue weighted by molar-refractivity contribution is -0.307. The van der Waals surface area contributed by atoms with E-state index in [2.05, 4.69) is 5.32 Å². The van der Waals surface area contributed by atoms with Crippen LogP contribution in [-0.4, -0.2) is 23.0 Å². The highest BCUT2D eigenvalue weighted by Gasteiger charge is 2.16. The zero-order valence-corrected chi connectivity index (χ0v) is 14.7. The van der Waals surface area contributed by atoms with Gasteiger partial charge in [-0.3, -0.25) is 5.41 Å². The van der Waals surface area contributed by atoms with Crippen LogP contribution in [0.1, 0.15) is 36.6 Å². The molecule has 0 aliphatic carbocycles. The first kappa shape index (κ1) is 19.3. The van der Waals surface area contributed by atoms with Crippen LogP contribution in [0.15, 0.2) is 42.5 Å². The molecular weight excluding hydrogens is 334 g/mol. The van der Waals surface area contributed by atoms with Gasteiger partial charge in [0.2, 0.25) is 0 Å². The maximum Gasteiger partial charge on any atom is 0.125 e. The van der Waals surface area contributed by atoms with Gasteiger partial charge in [0.15, 0.2) is 0 Å². The second kappa shape index (κ2) is 8.35. The predicted octanol–water partition coefficient (Wildman–Crippen LogP) is 1.15. The largest absolute Gasteiger partial charge is 0.548 e. The summed E-state index contributed by atoms with van der Waals surface area (Å²) in [5, 5.41) is 31.4. The van der Waals surface area contributed by atoms with E-state index in [9.17, 15) is 15.0 Å². The SMILES string of the molecule is CC(C)Oc1ccc(C(Nc2ccc(C(=N)N)cc2)C(=O)[O-])cc1CO. The molecule has 0 aromatic heterocycles. The number of carbonyl (C=O) groups is 1. The van der Waals surface area contributed by atoms with Gasteiger partial charge in [-0.1, -0.05) is 6.07 Å². The smallest absolute Gasteiger partial charge is 0.125 e. The number of hydrogen-bond acceptors (Lipinski definition) is 6. The van der Waals surface area contributed by atoms with Crippen molar-refractivity contribution in [1.82, 2.24) is 0 Å². The molecule has 1 unspecified atom stereocenters. The molecule has 138 valence electrons. The van der Waals surface area contributed by atoms with Gasteiger partial charge in [0.1, 0.15) is 11.6 Å². The molecule has 0 heterocycles. The van der Waals surface area contributed by atoms with Crippen LogP contribution in [0.2, 0.25) is 0 Å². The lowest BCUT2D eigenvalue weighted by Crippen LogP contribution is -2.34. The summed E-state index contributed by atoms with van der Waals surface area (Å²) in [4.78, 5) is 11.6. The van der Waals surface area contributed by atoms with E-state index in [0.717, 1.165) is 0 Å². The summed E-state index contributed by atoms with van der Waals surface area (Å²) >= 11 is 0. The Bertz CT molecular complexity index is 788. The van der Waals surface area contributed by atoms with Crippen LogP contribution < -0.4 is 20.9 Å². The van der Waals surface area contributed by atoms with Crippen molar-refractivity contribution in [3.63, 3.8) is 0 Å². The van der Waals surface area contributed by atoms with E-state index in [1.54, 1.807) is 42.5 Å². The van der Waals surface area contributed by atoms with E-state index in [1.165, 1.54) is 0 Å². The Kier molecular flexibility index (Phi) is 6.19. The minimum atomic E-state index is -1.30. The highest BCUT2D eigenvalue weighted by atomic mass is 16.5. The molecule has 2 aromatic rings. The number of aliphatic carboxylic acids is 1. The summed E-state index contributed by atoms with van der Waals surface area (Å²) in [6, 6.07) is 10.2.